The highest BCUT2D eigenvalue weighted by Crippen LogP contribution is 2.20. The molecule has 0 unspecified atom stereocenters. The number of rotatable bonds is 4. The average molecular weight is 296 g/mol. The molecule has 0 atom stereocenters. The first kappa shape index (κ1) is 14.6. The van der Waals surface area contributed by atoms with E-state index in [0.29, 0.717) is 11.6 Å². The molecule has 0 aliphatic rings. The average Bonchev–Trinajstić information content (AvgIpc) is 2.97. The summed E-state index contributed by atoms with van der Waals surface area (Å²) >= 11 is 5.86. The Bertz CT molecular complexity index is 616. The number of nitrogens with zero attached hydrogens (tertiary/aromatic N) is 5. The van der Waals surface area contributed by atoms with Crippen LogP contribution in [-0.4, -0.2) is 37.4 Å². The maximum atomic E-state index is 12.6. The van der Waals surface area contributed by atoms with Crippen LogP contribution >= 0.6 is 11.6 Å². The van der Waals surface area contributed by atoms with E-state index in [2.05, 4.69) is 10.2 Å². The third-order valence-corrected chi connectivity index (χ3v) is 3.36. The van der Waals surface area contributed by atoms with E-state index in [1.54, 1.807) is 27.5 Å². The first-order valence-corrected chi connectivity index (χ1v) is 6.63. The molecule has 7 heteroatoms. The maximum Gasteiger partial charge on any atom is 0.250 e. The fraction of sp³-hybridized carbons (Fsp3) is 0.462. The minimum absolute atomic E-state index is 0.0529. The van der Waals surface area contributed by atoms with E-state index in [9.17, 15) is 4.79 Å². The van der Waals surface area contributed by atoms with E-state index in [4.69, 9.17) is 11.6 Å². The van der Waals surface area contributed by atoms with Crippen LogP contribution in [0.1, 0.15) is 19.5 Å². The summed E-state index contributed by atoms with van der Waals surface area (Å²) in [7, 11) is 3.60. The molecular formula is C13H18ClN5O. The van der Waals surface area contributed by atoms with Crippen LogP contribution in [0.5, 0.6) is 0 Å². The lowest BCUT2D eigenvalue weighted by molar-refractivity contribution is -0.139. The Kier molecular flexibility index (Phi) is 3.85. The van der Waals surface area contributed by atoms with Crippen molar-refractivity contribution < 1.29 is 4.79 Å². The molecule has 0 radical (unpaired) electrons. The number of aryl methyl sites for hydroxylation is 1. The van der Waals surface area contributed by atoms with Gasteiger partial charge in [-0.1, -0.05) is 11.6 Å². The van der Waals surface area contributed by atoms with E-state index >= 15 is 0 Å². The molecule has 0 spiro atoms. The summed E-state index contributed by atoms with van der Waals surface area (Å²) in [5.74, 6) is -0.0529. The topological polar surface area (TPSA) is 56.0 Å². The minimum atomic E-state index is -0.795. The summed E-state index contributed by atoms with van der Waals surface area (Å²) < 4.78 is 3.29. The van der Waals surface area contributed by atoms with Crippen molar-refractivity contribution in [1.29, 1.82) is 0 Å². The van der Waals surface area contributed by atoms with Gasteiger partial charge in [-0.3, -0.25) is 14.2 Å². The van der Waals surface area contributed by atoms with Crippen LogP contribution < -0.4 is 0 Å². The summed E-state index contributed by atoms with van der Waals surface area (Å²) in [6, 6.07) is 1.89. The third kappa shape index (κ3) is 2.85. The zero-order chi connectivity index (χ0) is 14.9. The van der Waals surface area contributed by atoms with Crippen LogP contribution in [0, 0.1) is 0 Å². The highest BCUT2D eigenvalue weighted by Gasteiger charge is 2.33. The van der Waals surface area contributed by atoms with Crippen LogP contribution in [0.3, 0.4) is 0 Å². The quantitative estimate of drug-likeness (QED) is 0.862. The van der Waals surface area contributed by atoms with Crippen LogP contribution in [0.15, 0.2) is 24.7 Å². The zero-order valence-corrected chi connectivity index (χ0v) is 12.8. The summed E-state index contributed by atoms with van der Waals surface area (Å²) in [6.07, 6.45) is 5.02. The molecule has 108 valence electrons. The highest BCUT2D eigenvalue weighted by molar-refractivity contribution is 6.30. The number of hydrogen-bond donors (Lipinski definition) is 0. The Balaban J connectivity index is 2.13. The van der Waals surface area contributed by atoms with Crippen LogP contribution in [-0.2, 0) is 23.9 Å². The molecule has 0 bridgehead atoms. The summed E-state index contributed by atoms with van der Waals surface area (Å²) in [5, 5.41) is 8.90. The molecule has 1 amide bonds. The van der Waals surface area contributed by atoms with Gasteiger partial charge in [0, 0.05) is 26.5 Å². The molecular weight excluding hydrogens is 278 g/mol. The molecule has 2 rings (SSSR count). The largest absolute Gasteiger partial charge is 0.338 e. The Hall–Kier alpha value is -1.82. The maximum absolute atomic E-state index is 12.6. The van der Waals surface area contributed by atoms with Gasteiger partial charge in [0.05, 0.1) is 23.5 Å². The fourth-order valence-corrected chi connectivity index (χ4v) is 2.17. The Morgan fingerprint density at radius 1 is 1.50 bits per heavy atom. The molecule has 0 saturated heterocycles. The van der Waals surface area contributed by atoms with Crippen LogP contribution in [0.2, 0.25) is 5.02 Å². The minimum Gasteiger partial charge on any atom is -0.338 e. The molecule has 0 N–H and O–H groups in total. The number of carbonyl (C=O) groups is 1. The van der Waals surface area contributed by atoms with Crippen LogP contribution in [0.4, 0.5) is 0 Å². The van der Waals surface area contributed by atoms with Crippen molar-refractivity contribution in [1.82, 2.24) is 24.5 Å². The van der Waals surface area contributed by atoms with Gasteiger partial charge < -0.3 is 4.90 Å². The predicted molar refractivity (Wildman–Crippen MR) is 76.2 cm³/mol. The van der Waals surface area contributed by atoms with Gasteiger partial charge in [-0.15, -0.1) is 0 Å². The lowest BCUT2D eigenvalue weighted by atomic mass is 10.0. The molecule has 0 aliphatic heterocycles. The normalized spacial score (nSPS) is 11.7. The van der Waals surface area contributed by atoms with Crippen molar-refractivity contribution in [3.63, 3.8) is 0 Å². The second-order valence-corrected chi connectivity index (χ2v) is 5.74. The molecule has 2 heterocycles. The van der Waals surface area contributed by atoms with Crippen molar-refractivity contribution in [3.8, 4) is 0 Å². The van der Waals surface area contributed by atoms with Gasteiger partial charge in [0.1, 0.15) is 5.54 Å². The molecule has 0 aromatic carbocycles. The van der Waals surface area contributed by atoms with Gasteiger partial charge in [0.25, 0.3) is 0 Å². The van der Waals surface area contributed by atoms with E-state index < -0.39 is 5.54 Å². The summed E-state index contributed by atoms with van der Waals surface area (Å²) in [4.78, 5) is 14.2. The first-order valence-electron chi connectivity index (χ1n) is 6.25. The third-order valence-electron chi connectivity index (χ3n) is 3.16. The second-order valence-electron chi connectivity index (χ2n) is 5.30. The van der Waals surface area contributed by atoms with Crippen molar-refractivity contribution in [2.45, 2.75) is 25.9 Å². The van der Waals surface area contributed by atoms with E-state index in [1.165, 1.54) is 6.20 Å². The van der Waals surface area contributed by atoms with E-state index in [1.807, 2.05) is 33.2 Å². The predicted octanol–water partition coefficient (Wildman–Crippen LogP) is 1.66. The van der Waals surface area contributed by atoms with Gasteiger partial charge in [-0.2, -0.15) is 10.2 Å². The molecule has 6 nitrogen and oxygen atoms in total. The molecule has 2 aromatic heterocycles. The smallest absolute Gasteiger partial charge is 0.250 e. The number of amides is 1. The molecule has 2 aromatic rings. The van der Waals surface area contributed by atoms with E-state index in [-0.39, 0.29) is 5.91 Å². The summed E-state index contributed by atoms with van der Waals surface area (Å²) in [6.45, 7) is 4.08. The van der Waals surface area contributed by atoms with Gasteiger partial charge >= 0.3 is 0 Å². The number of carbonyl (C=O) groups excluding carboxylic acids is 1. The van der Waals surface area contributed by atoms with Crippen molar-refractivity contribution >= 4 is 17.5 Å². The highest BCUT2D eigenvalue weighted by atomic mass is 35.5. The Morgan fingerprint density at radius 2 is 2.20 bits per heavy atom. The number of likely N-dealkylation sites (N-methyl/N-ethyl adjacent to an activating group) is 1. The Morgan fingerprint density at radius 3 is 2.70 bits per heavy atom. The second kappa shape index (κ2) is 5.28. The van der Waals surface area contributed by atoms with Gasteiger partial charge in [-0.25, -0.2) is 0 Å². The zero-order valence-electron chi connectivity index (χ0n) is 12.0. The van der Waals surface area contributed by atoms with Crippen molar-refractivity contribution in [2.24, 2.45) is 7.05 Å². The van der Waals surface area contributed by atoms with E-state index in [0.717, 1.165) is 5.69 Å². The number of halogens is 1. The molecule has 0 aliphatic carbocycles. The molecule has 0 fully saturated rings. The van der Waals surface area contributed by atoms with Gasteiger partial charge in [0.2, 0.25) is 5.91 Å². The lowest BCUT2D eigenvalue weighted by Crippen LogP contribution is -2.45. The van der Waals surface area contributed by atoms with Gasteiger partial charge in [-0.05, 0) is 19.9 Å². The lowest BCUT2D eigenvalue weighted by Gasteiger charge is -2.29. The fourth-order valence-electron chi connectivity index (χ4n) is 2.03. The van der Waals surface area contributed by atoms with Crippen molar-refractivity contribution in [3.05, 3.63) is 35.4 Å². The summed E-state index contributed by atoms with van der Waals surface area (Å²) in [5.41, 5.74) is 0.0501. The van der Waals surface area contributed by atoms with Gasteiger partial charge in [0.15, 0.2) is 0 Å². The van der Waals surface area contributed by atoms with Crippen LogP contribution in [0.25, 0.3) is 0 Å². The first-order chi connectivity index (χ1) is 9.30. The van der Waals surface area contributed by atoms with Crippen molar-refractivity contribution in [2.75, 3.05) is 7.05 Å². The number of hydrogen-bond acceptors (Lipinski definition) is 3. The SMILES string of the molecule is CN(Cc1ccn(C)n1)C(=O)C(C)(C)n1cc(Cl)cn1. The molecule has 0 saturated carbocycles. The Labute approximate surface area is 122 Å². The standard InChI is InChI=1S/C13H18ClN5O/c1-13(2,19-8-10(14)7-15-19)12(20)17(3)9-11-5-6-18(4)16-11/h5-8H,9H2,1-4H3. The molecule has 20 heavy (non-hydrogen) atoms. The monoisotopic (exact) mass is 295 g/mol. The number of aromatic nitrogens is 4.